The summed E-state index contributed by atoms with van der Waals surface area (Å²) < 4.78 is 4.95. The number of benzene rings is 1. The van der Waals surface area contributed by atoms with Crippen LogP contribution >= 0.6 is 11.6 Å². The fourth-order valence-electron chi connectivity index (χ4n) is 1.35. The zero-order valence-corrected chi connectivity index (χ0v) is 10.4. The van der Waals surface area contributed by atoms with Gasteiger partial charge in [0.25, 0.3) is 0 Å². The van der Waals surface area contributed by atoms with Crippen molar-refractivity contribution in [3.63, 3.8) is 0 Å². The summed E-state index contributed by atoms with van der Waals surface area (Å²) >= 11 is 5.79. The Labute approximate surface area is 109 Å². The van der Waals surface area contributed by atoms with Gasteiger partial charge in [-0.1, -0.05) is 23.7 Å². The Morgan fingerprint density at radius 1 is 1.28 bits per heavy atom. The van der Waals surface area contributed by atoms with Crippen LogP contribution in [0.1, 0.15) is 23.0 Å². The van der Waals surface area contributed by atoms with E-state index in [-0.39, 0.29) is 11.7 Å². The molecule has 0 spiro atoms. The van der Waals surface area contributed by atoms with Crippen LogP contribution in [0, 0.1) is 0 Å². The number of carbonyl (C=O) groups excluding carboxylic acids is 1. The van der Waals surface area contributed by atoms with Crippen LogP contribution in [0.5, 0.6) is 0 Å². The molecule has 0 bridgehead atoms. The predicted molar refractivity (Wildman–Crippen MR) is 69.8 cm³/mol. The second-order valence-electron chi connectivity index (χ2n) is 3.62. The van der Waals surface area contributed by atoms with Gasteiger partial charge in [-0.25, -0.2) is 5.43 Å². The van der Waals surface area contributed by atoms with Gasteiger partial charge in [0.15, 0.2) is 5.76 Å². The maximum atomic E-state index is 11.6. The zero-order valence-electron chi connectivity index (χ0n) is 9.68. The third kappa shape index (κ3) is 2.99. The fourth-order valence-corrected chi connectivity index (χ4v) is 1.48. The van der Waals surface area contributed by atoms with Gasteiger partial charge < -0.3 is 4.42 Å². The fraction of sp³-hybridized carbons (Fsp3) is 0.0769. The number of hydrogen-bond donors (Lipinski definition) is 1. The summed E-state index contributed by atoms with van der Waals surface area (Å²) in [5, 5.41) is 4.65. The molecular weight excluding hydrogens is 252 g/mol. The summed E-state index contributed by atoms with van der Waals surface area (Å²) in [5.74, 6) is -0.157. The second-order valence-corrected chi connectivity index (χ2v) is 4.06. The Kier molecular flexibility index (Phi) is 3.79. The lowest BCUT2D eigenvalue weighted by Crippen LogP contribution is -2.18. The number of hydrogen-bond acceptors (Lipinski definition) is 3. The minimum atomic E-state index is -0.381. The van der Waals surface area contributed by atoms with Crippen LogP contribution in [-0.4, -0.2) is 11.6 Å². The van der Waals surface area contributed by atoms with E-state index in [1.807, 2.05) is 12.1 Å². The molecule has 0 saturated carbocycles. The van der Waals surface area contributed by atoms with Crippen LogP contribution < -0.4 is 5.43 Å². The lowest BCUT2D eigenvalue weighted by atomic mass is 10.1. The van der Waals surface area contributed by atoms with E-state index in [0.717, 1.165) is 5.56 Å². The molecule has 0 aliphatic carbocycles. The highest BCUT2D eigenvalue weighted by Gasteiger charge is 2.07. The Bertz CT molecular complexity index is 559. The number of halogens is 1. The number of hydrazone groups is 1. The van der Waals surface area contributed by atoms with Crippen molar-refractivity contribution >= 4 is 23.2 Å². The summed E-state index contributed by atoms with van der Waals surface area (Å²) in [7, 11) is 0. The summed E-state index contributed by atoms with van der Waals surface area (Å²) in [6.45, 7) is 1.80. The molecule has 0 aliphatic heterocycles. The summed E-state index contributed by atoms with van der Waals surface area (Å²) in [4.78, 5) is 11.6. The van der Waals surface area contributed by atoms with Gasteiger partial charge in [0, 0.05) is 5.02 Å². The molecule has 1 amide bonds. The van der Waals surface area contributed by atoms with Crippen LogP contribution in [0.4, 0.5) is 0 Å². The number of amides is 1. The molecule has 4 nitrogen and oxygen atoms in total. The molecule has 0 fully saturated rings. The molecule has 92 valence electrons. The molecular formula is C13H11ClN2O2. The van der Waals surface area contributed by atoms with Gasteiger partial charge in [-0.3, -0.25) is 4.79 Å². The number of nitrogens with zero attached hydrogens (tertiary/aromatic N) is 1. The Morgan fingerprint density at radius 2 is 2.00 bits per heavy atom. The van der Waals surface area contributed by atoms with Gasteiger partial charge in [-0.15, -0.1) is 0 Å². The third-order valence-electron chi connectivity index (χ3n) is 2.33. The summed E-state index contributed by atoms with van der Waals surface area (Å²) in [5.41, 5.74) is 3.99. The highest BCUT2D eigenvalue weighted by Crippen LogP contribution is 2.10. The van der Waals surface area contributed by atoms with Gasteiger partial charge in [-0.2, -0.15) is 5.10 Å². The standard InChI is InChI=1S/C13H11ClN2O2/c1-9(10-4-6-11(14)7-5-10)15-16-13(17)12-3-2-8-18-12/h2-8H,1H3,(H,16,17). The average Bonchev–Trinajstić information content (AvgIpc) is 2.90. The Hall–Kier alpha value is -2.07. The molecule has 0 saturated heterocycles. The zero-order chi connectivity index (χ0) is 13.0. The largest absolute Gasteiger partial charge is 0.459 e. The molecule has 0 radical (unpaired) electrons. The van der Waals surface area contributed by atoms with Crippen LogP contribution in [-0.2, 0) is 0 Å². The Balaban J connectivity index is 2.05. The average molecular weight is 263 g/mol. The van der Waals surface area contributed by atoms with Crippen LogP contribution in [0.3, 0.4) is 0 Å². The lowest BCUT2D eigenvalue weighted by Gasteiger charge is -2.01. The molecule has 1 heterocycles. The van der Waals surface area contributed by atoms with E-state index in [1.54, 1.807) is 31.2 Å². The van der Waals surface area contributed by atoms with Gasteiger partial charge in [0.05, 0.1) is 12.0 Å². The van der Waals surface area contributed by atoms with Crippen molar-refractivity contribution in [3.05, 3.63) is 59.0 Å². The molecule has 5 heteroatoms. The number of rotatable bonds is 3. The SMILES string of the molecule is CC(=NNC(=O)c1ccco1)c1ccc(Cl)cc1. The highest BCUT2D eigenvalue weighted by molar-refractivity contribution is 6.30. The van der Waals surface area contributed by atoms with E-state index in [1.165, 1.54) is 6.26 Å². The van der Waals surface area contributed by atoms with Crippen molar-refractivity contribution in [2.75, 3.05) is 0 Å². The van der Waals surface area contributed by atoms with E-state index >= 15 is 0 Å². The first-order chi connectivity index (χ1) is 8.66. The molecule has 1 aromatic heterocycles. The normalized spacial score (nSPS) is 11.3. The number of carbonyl (C=O) groups is 1. The maximum absolute atomic E-state index is 11.6. The van der Waals surface area contributed by atoms with Crippen molar-refractivity contribution in [1.29, 1.82) is 0 Å². The lowest BCUT2D eigenvalue weighted by molar-refractivity contribution is 0.0927. The van der Waals surface area contributed by atoms with Crippen molar-refractivity contribution in [1.82, 2.24) is 5.43 Å². The predicted octanol–water partition coefficient (Wildman–Crippen LogP) is 3.09. The number of nitrogens with one attached hydrogen (secondary N) is 1. The smallest absolute Gasteiger partial charge is 0.307 e. The van der Waals surface area contributed by atoms with Crippen molar-refractivity contribution < 1.29 is 9.21 Å². The molecule has 0 atom stereocenters. The molecule has 2 aromatic rings. The molecule has 2 rings (SSSR count). The second kappa shape index (κ2) is 5.51. The monoisotopic (exact) mass is 262 g/mol. The van der Waals surface area contributed by atoms with Crippen LogP contribution in [0.15, 0.2) is 52.2 Å². The van der Waals surface area contributed by atoms with E-state index < -0.39 is 0 Å². The van der Waals surface area contributed by atoms with Crippen molar-refractivity contribution in [2.24, 2.45) is 5.10 Å². The van der Waals surface area contributed by atoms with E-state index in [2.05, 4.69) is 10.5 Å². The first-order valence-corrected chi connectivity index (χ1v) is 5.68. The highest BCUT2D eigenvalue weighted by atomic mass is 35.5. The van der Waals surface area contributed by atoms with Gasteiger partial charge >= 0.3 is 5.91 Å². The first kappa shape index (κ1) is 12.4. The molecule has 0 aliphatic rings. The number of furan rings is 1. The van der Waals surface area contributed by atoms with E-state index in [0.29, 0.717) is 10.7 Å². The summed E-state index contributed by atoms with van der Waals surface area (Å²) in [6.07, 6.45) is 1.44. The van der Waals surface area contributed by atoms with Gasteiger partial charge in [-0.05, 0) is 36.8 Å². The van der Waals surface area contributed by atoms with Gasteiger partial charge in [0.2, 0.25) is 0 Å². The molecule has 0 unspecified atom stereocenters. The molecule has 1 N–H and O–H groups in total. The van der Waals surface area contributed by atoms with Crippen molar-refractivity contribution in [3.8, 4) is 0 Å². The quantitative estimate of drug-likeness (QED) is 0.683. The van der Waals surface area contributed by atoms with Gasteiger partial charge in [0.1, 0.15) is 0 Å². The summed E-state index contributed by atoms with van der Waals surface area (Å²) in [6, 6.07) is 10.4. The first-order valence-electron chi connectivity index (χ1n) is 5.31. The minimum Gasteiger partial charge on any atom is -0.459 e. The third-order valence-corrected chi connectivity index (χ3v) is 2.58. The molecule has 18 heavy (non-hydrogen) atoms. The maximum Gasteiger partial charge on any atom is 0.307 e. The van der Waals surface area contributed by atoms with Crippen LogP contribution in [0.25, 0.3) is 0 Å². The van der Waals surface area contributed by atoms with E-state index in [9.17, 15) is 4.79 Å². The topological polar surface area (TPSA) is 54.6 Å². The Morgan fingerprint density at radius 3 is 2.61 bits per heavy atom. The van der Waals surface area contributed by atoms with E-state index in [4.69, 9.17) is 16.0 Å². The van der Waals surface area contributed by atoms with Crippen molar-refractivity contribution in [2.45, 2.75) is 6.92 Å². The van der Waals surface area contributed by atoms with Crippen LogP contribution in [0.2, 0.25) is 5.02 Å². The molecule has 1 aromatic carbocycles. The minimum absolute atomic E-state index is 0.225.